The number of carboxylic acid groups (broad SMARTS) is 1. The van der Waals surface area contributed by atoms with Crippen molar-refractivity contribution in [3.63, 3.8) is 0 Å². The number of carbonyl (C=O) groups is 2. The molecule has 8 heteroatoms. The van der Waals surface area contributed by atoms with Crippen LogP contribution < -0.4 is 9.64 Å². The lowest BCUT2D eigenvalue weighted by molar-refractivity contribution is 0.0991. The molecular formula is C19H13Cl2NO4S. The average molecular weight is 422 g/mol. The van der Waals surface area contributed by atoms with Crippen molar-refractivity contribution in [1.82, 2.24) is 0 Å². The second-order valence-corrected chi connectivity index (χ2v) is 7.43. The summed E-state index contributed by atoms with van der Waals surface area (Å²) in [7, 11) is 1.53. The van der Waals surface area contributed by atoms with Crippen LogP contribution in [0.25, 0.3) is 10.4 Å². The minimum absolute atomic E-state index is 0.102. The van der Waals surface area contributed by atoms with E-state index in [-0.39, 0.29) is 10.6 Å². The summed E-state index contributed by atoms with van der Waals surface area (Å²) >= 11 is 13.1. The maximum Gasteiger partial charge on any atom is 0.512 e. The van der Waals surface area contributed by atoms with E-state index < -0.39 is 12.1 Å². The van der Waals surface area contributed by atoms with Crippen LogP contribution in [-0.2, 0) is 0 Å². The van der Waals surface area contributed by atoms with E-state index in [4.69, 9.17) is 33.0 Å². The molecule has 3 aromatic rings. The Bertz CT molecular complexity index is 984. The molecule has 0 saturated heterocycles. The molecule has 1 aromatic heterocycles. The van der Waals surface area contributed by atoms with E-state index in [2.05, 4.69) is 0 Å². The van der Waals surface area contributed by atoms with E-state index in [9.17, 15) is 9.59 Å². The van der Waals surface area contributed by atoms with Crippen LogP contribution in [0.1, 0.15) is 10.4 Å². The maximum atomic E-state index is 12.8. The third-order valence-corrected chi connectivity index (χ3v) is 5.18. The van der Waals surface area contributed by atoms with Crippen molar-refractivity contribution in [2.75, 3.05) is 11.9 Å². The third-order valence-electron chi connectivity index (χ3n) is 3.69. The molecule has 0 bridgehead atoms. The summed E-state index contributed by atoms with van der Waals surface area (Å²) in [4.78, 5) is 26.0. The number of nitrogens with zero attached hydrogens (tertiary/aromatic N) is 1. The SMILES string of the molecule is CN(C(=O)c1cc(Cl)cc(Cl)c1)c1cc(-c2ccccc2)sc1OC(=O)O. The second kappa shape index (κ2) is 8.00. The summed E-state index contributed by atoms with van der Waals surface area (Å²) in [5.74, 6) is -0.396. The summed E-state index contributed by atoms with van der Waals surface area (Å²) < 4.78 is 4.89. The van der Waals surface area contributed by atoms with Gasteiger partial charge in [0.1, 0.15) is 0 Å². The fourth-order valence-corrected chi connectivity index (χ4v) is 4.04. The molecule has 0 fully saturated rings. The Hall–Kier alpha value is -2.54. The van der Waals surface area contributed by atoms with E-state index in [1.165, 1.54) is 30.1 Å². The molecule has 138 valence electrons. The number of hydrogen-bond donors (Lipinski definition) is 1. The van der Waals surface area contributed by atoms with Crippen LogP contribution in [0.3, 0.4) is 0 Å². The molecule has 1 amide bonds. The van der Waals surface area contributed by atoms with Crippen molar-refractivity contribution < 1.29 is 19.4 Å². The normalized spacial score (nSPS) is 10.5. The zero-order valence-electron chi connectivity index (χ0n) is 14.0. The standard InChI is InChI=1S/C19H13Cl2NO4S/c1-22(17(23)12-7-13(20)9-14(21)8-12)15-10-16(11-5-3-2-4-6-11)27-18(15)26-19(24)25/h2-10H,1H3,(H,24,25). The predicted molar refractivity (Wildman–Crippen MR) is 108 cm³/mol. The van der Waals surface area contributed by atoms with Crippen molar-refractivity contribution in [1.29, 1.82) is 0 Å². The van der Waals surface area contributed by atoms with Crippen LogP contribution in [0.5, 0.6) is 5.06 Å². The van der Waals surface area contributed by atoms with E-state index in [1.54, 1.807) is 6.07 Å². The molecular weight excluding hydrogens is 409 g/mol. The highest BCUT2D eigenvalue weighted by atomic mass is 35.5. The maximum absolute atomic E-state index is 12.8. The molecule has 0 radical (unpaired) electrons. The first-order valence-electron chi connectivity index (χ1n) is 7.69. The van der Waals surface area contributed by atoms with Crippen LogP contribution in [0.15, 0.2) is 54.6 Å². The van der Waals surface area contributed by atoms with E-state index in [0.717, 1.165) is 21.8 Å². The third kappa shape index (κ3) is 4.42. The van der Waals surface area contributed by atoms with Crippen LogP contribution in [0, 0.1) is 0 Å². The molecule has 0 aliphatic carbocycles. The summed E-state index contributed by atoms with van der Waals surface area (Å²) in [6, 6.07) is 15.6. The molecule has 2 aromatic carbocycles. The topological polar surface area (TPSA) is 66.8 Å². The molecule has 0 aliphatic heterocycles. The summed E-state index contributed by atoms with van der Waals surface area (Å²) in [5.41, 5.74) is 1.50. The number of halogens is 2. The van der Waals surface area contributed by atoms with Crippen molar-refractivity contribution in [3.05, 3.63) is 70.2 Å². The van der Waals surface area contributed by atoms with Crippen LogP contribution in [-0.4, -0.2) is 24.2 Å². The average Bonchev–Trinajstić information content (AvgIpc) is 3.03. The van der Waals surface area contributed by atoms with Gasteiger partial charge in [-0.3, -0.25) is 4.79 Å². The summed E-state index contributed by atoms with van der Waals surface area (Å²) in [5, 5.41) is 9.79. The Labute approximate surface area is 169 Å². The highest BCUT2D eigenvalue weighted by molar-refractivity contribution is 7.18. The number of ether oxygens (including phenoxy) is 1. The van der Waals surface area contributed by atoms with Gasteiger partial charge in [-0.1, -0.05) is 64.9 Å². The molecule has 0 aliphatic rings. The largest absolute Gasteiger partial charge is 0.512 e. The molecule has 27 heavy (non-hydrogen) atoms. The van der Waals surface area contributed by atoms with Gasteiger partial charge in [-0.05, 0) is 29.8 Å². The van der Waals surface area contributed by atoms with Gasteiger partial charge in [-0.15, -0.1) is 0 Å². The van der Waals surface area contributed by atoms with Crippen LogP contribution in [0.2, 0.25) is 10.0 Å². The van der Waals surface area contributed by atoms with Gasteiger partial charge in [0.25, 0.3) is 5.91 Å². The van der Waals surface area contributed by atoms with Gasteiger partial charge >= 0.3 is 6.16 Å². The smallest absolute Gasteiger partial charge is 0.449 e. The first kappa shape index (κ1) is 19.2. The summed E-state index contributed by atoms with van der Waals surface area (Å²) in [6.45, 7) is 0. The van der Waals surface area contributed by atoms with Crippen molar-refractivity contribution in [3.8, 4) is 15.5 Å². The van der Waals surface area contributed by atoms with E-state index in [0.29, 0.717) is 15.7 Å². The lowest BCUT2D eigenvalue weighted by Crippen LogP contribution is -2.26. The Morgan fingerprint density at radius 3 is 2.26 bits per heavy atom. The molecule has 0 spiro atoms. The van der Waals surface area contributed by atoms with Crippen LogP contribution >= 0.6 is 34.5 Å². The Morgan fingerprint density at radius 2 is 1.67 bits per heavy atom. The first-order valence-corrected chi connectivity index (χ1v) is 9.26. The van der Waals surface area contributed by atoms with E-state index >= 15 is 0 Å². The van der Waals surface area contributed by atoms with E-state index in [1.807, 2.05) is 30.3 Å². The number of thiophene rings is 1. The second-order valence-electron chi connectivity index (χ2n) is 5.54. The van der Waals surface area contributed by atoms with Crippen molar-refractivity contribution >= 4 is 52.3 Å². The summed E-state index contributed by atoms with van der Waals surface area (Å²) in [6.07, 6.45) is -1.45. The number of amides is 1. The number of rotatable bonds is 4. The highest BCUT2D eigenvalue weighted by Crippen LogP contribution is 2.43. The van der Waals surface area contributed by atoms with Crippen molar-refractivity contribution in [2.45, 2.75) is 0 Å². The van der Waals surface area contributed by atoms with Crippen molar-refractivity contribution in [2.24, 2.45) is 0 Å². The zero-order valence-corrected chi connectivity index (χ0v) is 16.3. The highest BCUT2D eigenvalue weighted by Gasteiger charge is 2.23. The monoisotopic (exact) mass is 421 g/mol. The Balaban J connectivity index is 2.01. The van der Waals surface area contributed by atoms with Gasteiger partial charge in [-0.25, -0.2) is 4.79 Å². The van der Waals surface area contributed by atoms with Gasteiger partial charge in [0.15, 0.2) is 0 Å². The number of carbonyl (C=O) groups excluding carboxylic acids is 1. The Morgan fingerprint density at radius 1 is 1.04 bits per heavy atom. The molecule has 5 nitrogen and oxygen atoms in total. The fraction of sp³-hybridized carbons (Fsp3) is 0.0526. The first-order chi connectivity index (χ1) is 12.8. The quantitative estimate of drug-likeness (QED) is 0.520. The minimum atomic E-state index is -1.45. The molecule has 0 saturated carbocycles. The number of hydrogen-bond acceptors (Lipinski definition) is 4. The predicted octanol–water partition coefficient (Wildman–Crippen LogP) is 6.06. The van der Waals surface area contributed by atoms with Gasteiger partial charge in [0, 0.05) is 27.5 Å². The molecule has 3 rings (SSSR count). The molecule has 0 atom stereocenters. The molecule has 1 N–H and O–H groups in total. The van der Waals surface area contributed by atoms with Gasteiger partial charge in [0.2, 0.25) is 5.06 Å². The van der Waals surface area contributed by atoms with Gasteiger partial charge in [-0.2, -0.15) is 0 Å². The molecule has 0 unspecified atom stereocenters. The number of anilines is 1. The Kier molecular flexibility index (Phi) is 5.70. The van der Waals surface area contributed by atoms with Crippen LogP contribution in [0.4, 0.5) is 10.5 Å². The minimum Gasteiger partial charge on any atom is -0.449 e. The molecule has 1 heterocycles. The van der Waals surface area contributed by atoms with Gasteiger partial charge < -0.3 is 14.7 Å². The lowest BCUT2D eigenvalue weighted by atomic mass is 10.1. The zero-order chi connectivity index (χ0) is 19.6. The number of benzene rings is 2. The lowest BCUT2D eigenvalue weighted by Gasteiger charge is -2.17. The fourth-order valence-electron chi connectivity index (χ4n) is 2.48. The van der Waals surface area contributed by atoms with Gasteiger partial charge in [0.05, 0.1) is 5.69 Å².